The summed E-state index contributed by atoms with van der Waals surface area (Å²) in [6.45, 7) is 11.7. The van der Waals surface area contributed by atoms with Crippen molar-refractivity contribution in [3.63, 3.8) is 0 Å². The van der Waals surface area contributed by atoms with E-state index < -0.39 is 30.1 Å². The van der Waals surface area contributed by atoms with Crippen molar-refractivity contribution in [2.75, 3.05) is 0 Å². The molecule has 0 aliphatic rings. The van der Waals surface area contributed by atoms with E-state index in [1.54, 1.807) is 0 Å². The van der Waals surface area contributed by atoms with Gasteiger partial charge in [0.25, 0.3) is 5.91 Å². The molecule has 2 atom stereocenters. The Bertz CT molecular complexity index is 1370. The minimum absolute atomic E-state index is 0.104. The first-order valence-corrected chi connectivity index (χ1v) is 12.6. The molecule has 3 aromatic rings. The highest BCUT2D eigenvalue weighted by molar-refractivity contribution is 5.94. The zero-order chi connectivity index (χ0) is 31.2. The molecule has 0 bridgehead atoms. The van der Waals surface area contributed by atoms with E-state index in [0.29, 0.717) is 18.1 Å². The molecule has 14 heteroatoms. The zero-order valence-electron chi connectivity index (χ0n) is 23.5. The quantitative estimate of drug-likeness (QED) is 0.280. The van der Waals surface area contributed by atoms with E-state index in [1.165, 1.54) is 6.92 Å². The number of aryl methyl sites for hydroxylation is 1. The first-order chi connectivity index (χ1) is 18.9. The van der Waals surface area contributed by atoms with E-state index >= 15 is 0 Å². The van der Waals surface area contributed by atoms with Gasteiger partial charge in [0.15, 0.2) is 5.69 Å². The molecule has 2 heterocycles. The summed E-state index contributed by atoms with van der Waals surface area (Å²) in [6, 6.07) is 8.95. The maximum Gasteiger partial charge on any atom is 0.490 e. The van der Waals surface area contributed by atoms with Crippen LogP contribution in [-0.2, 0) is 11.3 Å². The van der Waals surface area contributed by atoms with Crippen LogP contribution in [0.15, 0.2) is 34.7 Å². The number of carbonyl (C=O) groups excluding carboxylic acids is 1. The molecule has 0 saturated carbocycles. The number of carboxylic acids is 2. The third-order valence-corrected chi connectivity index (χ3v) is 6.14. The highest BCUT2D eigenvalue weighted by atomic mass is 19.4. The minimum Gasteiger partial charge on any atom is -0.476 e. The van der Waals surface area contributed by atoms with Gasteiger partial charge in [0.05, 0.1) is 6.04 Å². The van der Waals surface area contributed by atoms with Crippen molar-refractivity contribution >= 4 is 17.8 Å². The van der Waals surface area contributed by atoms with Gasteiger partial charge in [-0.2, -0.15) is 13.2 Å². The van der Waals surface area contributed by atoms with Crippen LogP contribution in [0, 0.1) is 25.7 Å². The van der Waals surface area contributed by atoms with Gasteiger partial charge in [-0.25, -0.2) is 19.6 Å². The summed E-state index contributed by atoms with van der Waals surface area (Å²) in [5.74, 6) is -3.32. The molecule has 0 fully saturated rings. The number of aromatic carboxylic acids is 1. The molecular formula is C27H34F3N5O6. The molecule has 224 valence electrons. The summed E-state index contributed by atoms with van der Waals surface area (Å²) in [7, 11) is 0. The smallest absolute Gasteiger partial charge is 0.476 e. The topological polar surface area (TPSA) is 174 Å². The number of oxazole rings is 1. The molecule has 3 rings (SSSR count). The lowest BCUT2D eigenvalue weighted by Gasteiger charge is -2.19. The normalized spacial score (nSPS) is 13.0. The molecule has 0 unspecified atom stereocenters. The number of amides is 1. The number of benzene rings is 1. The van der Waals surface area contributed by atoms with Gasteiger partial charge in [0.1, 0.15) is 23.3 Å². The summed E-state index contributed by atoms with van der Waals surface area (Å²) in [6.07, 6.45) is -5.08. The maximum absolute atomic E-state index is 13.4. The van der Waals surface area contributed by atoms with E-state index in [9.17, 15) is 27.9 Å². The first kappa shape index (κ1) is 33.0. The van der Waals surface area contributed by atoms with Crippen LogP contribution in [0.2, 0.25) is 0 Å². The second-order valence-electron chi connectivity index (χ2n) is 10.0. The van der Waals surface area contributed by atoms with Crippen molar-refractivity contribution in [1.29, 1.82) is 0 Å². The van der Waals surface area contributed by atoms with Crippen LogP contribution in [0.25, 0.3) is 0 Å². The van der Waals surface area contributed by atoms with Gasteiger partial charge in [0.2, 0.25) is 5.89 Å². The number of nitrogens with one attached hydrogen (secondary N) is 1. The fourth-order valence-electron chi connectivity index (χ4n) is 3.76. The minimum atomic E-state index is -5.08. The molecule has 11 nitrogen and oxygen atoms in total. The molecule has 1 amide bonds. The van der Waals surface area contributed by atoms with Crippen molar-refractivity contribution in [2.45, 2.75) is 66.3 Å². The third-order valence-electron chi connectivity index (χ3n) is 6.14. The second-order valence-corrected chi connectivity index (χ2v) is 10.0. The predicted molar refractivity (Wildman–Crippen MR) is 141 cm³/mol. The van der Waals surface area contributed by atoms with Crippen molar-refractivity contribution in [1.82, 2.24) is 19.9 Å². The average molecular weight is 582 g/mol. The number of nitrogens with zero attached hydrogens (tertiary/aromatic N) is 3. The number of imidazole rings is 1. The lowest BCUT2D eigenvalue weighted by Crippen LogP contribution is -2.32. The largest absolute Gasteiger partial charge is 0.490 e. The van der Waals surface area contributed by atoms with E-state index in [0.717, 1.165) is 5.56 Å². The van der Waals surface area contributed by atoms with Crippen molar-refractivity contribution in [2.24, 2.45) is 17.6 Å². The maximum atomic E-state index is 13.4. The monoisotopic (exact) mass is 581 g/mol. The number of rotatable bonds is 9. The van der Waals surface area contributed by atoms with E-state index in [-0.39, 0.29) is 40.9 Å². The number of aromatic nitrogens is 3. The highest BCUT2D eigenvalue weighted by Crippen LogP contribution is 2.26. The van der Waals surface area contributed by atoms with Gasteiger partial charge < -0.3 is 30.2 Å². The van der Waals surface area contributed by atoms with Gasteiger partial charge in [0, 0.05) is 12.2 Å². The fraction of sp³-hybridized carbons (Fsp3) is 0.444. The Hall–Kier alpha value is -4.20. The van der Waals surface area contributed by atoms with Crippen LogP contribution in [0.4, 0.5) is 13.2 Å². The van der Waals surface area contributed by atoms with Crippen molar-refractivity contribution in [3.05, 3.63) is 70.5 Å². The first-order valence-electron chi connectivity index (χ1n) is 12.6. The number of carboxylic acid groups (broad SMARTS) is 2. The molecule has 5 N–H and O–H groups in total. The van der Waals surface area contributed by atoms with Gasteiger partial charge in [-0.15, -0.1) is 0 Å². The molecule has 0 aliphatic carbocycles. The molecule has 1 aromatic carbocycles. The summed E-state index contributed by atoms with van der Waals surface area (Å²) in [5.41, 5.74) is 8.35. The van der Waals surface area contributed by atoms with Gasteiger partial charge in [-0.1, -0.05) is 58.0 Å². The summed E-state index contributed by atoms with van der Waals surface area (Å²) in [5, 5.41) is 19.4. The Morgan fingerprint density at radius 3 is 2.00 bits per heavy atom. The van der Waals surface area contributed by atoms with E-state index in [4.69, 9.17) is 20.1 Å². The molecular weight excluding hydrogens is 547 g/mol. The Morgan fingerprint density at radius 1 is 1.00 bits per heavy atom. The number of halogens is 3. The van der Waals surface area contributed by atoms with Gasteiger partial charge in [-0.05, 0) is 31.2 Å². The number of aliphatic carboxylic acids is 1. The zero-order valence-corrected chi connectivity index (χ0v) is 23.5. The van der Waals surface area contributed by atoms with Crippen LogP contribution in [0.1, 0.15) is 89.5 Å². The highest BCUT2D eigenvalue weighted by Gasteiger charge is 2.38. The van der Waals surface area contributed by atoms with Crippen molar-refractivity contribution in [3.8, 4) is 0 Å². The number of nitrogens with two attached hydrogens (primary N) is 1. The lowest BCUT2D eigenvalue weighted by molar-refractivity contribution is -0.192. The predicted octanol–water partition coefficient (Wildman–Crippen LogP) is 4.65. The summed E-state index contributed by atoms with van der Waals surface area (Å²) in [4.78, 5) is 42.4. The number of alkyl halides is 3. The lowest BCUT2D eigenvalue weighted by atomic mass is 10.0. The second kappa shape index (κ2) is 13.4. The summed E-state index contributed by atoms with van der Waals surface area (Å²) < 4.78 is 39.3. The Kier molecular flexibility index (Phi) is 10.8. The van der Waals surface area contributed by atoms with Crippen LogP contribution in [0.5, 0.6) is 0 Å². The standard InChI is InChI=1S/C25H33N5O4.C2HF3O2/c1-13(2)18(26)22-27-20(15(5)30(22)12-17-10-8-7-9-11-17)23(31)28-19(14(3)4)24-29-21(25(32)33)16(6)34-24;3-2(4,5)1(6)7/h7-11,13-14,18-19H,12,26H2,1-6H3,(H,28,31)(H,32,33);(H,6,7)/t18-,19-;/m0./s1. The molecule has 0 saturated heterocycles. The Labute approximate surface area is 234 Å². The van der Waals surface area contributed by atoms with E-state index in [1.807, 2.05) is 69.5 Å². The number of carbonyl (C=O) groups is 3. The Balaban J connectivity index is 0.000000745. The third kappa shape index (κ3) is 8.39. The fourth-order valence-corrected chi connectivity index (χ4v) is 3.76. The molecule has 0 spiro atoms. The average Bonchev–Trinajstić information content (AvgIpc) is 3.42. The summed E-state index contributed by atoms with van der Waals surface area (Å²) >= 11 is 0. The van der Waals surface area contributed by atoms with Crippen LogP contribution < -0.4 is 11.1 Å². The molecule has 0 aliphatic heterocycles. The molecule has 2 aromatic heterocycles. The Morgan fingerprint density at radius 2 is 1.56 bits per heavy atom. The number of hydrogen-bond donors (Lipinski definition) is 4. The van der Waals surface area contributed by atoms with E-state index in [2.05, 4.69) is 15.3 Å². The van der Waals surface area contributed by atoms with Crippen molar-refractivity contribution < 1.29 is 42.2 Å². The molecule has 41 heavy (non-hydrogen) atoms. The number of hydrogen-bond acceptors (Lipinski definition) is 7. The SMILES string of the molecule is Cc1oc([C@@H](NC(=O)c2nc([C@@H](N)C(C)C)n(Cc3ccccc3)c2C)C(C)C)nc1C(=O)O.O=C(O)C(F)(F)F. The van der Waals surface area contributed by atoms with Crippen LogP contribution in [0.3, 0.4) is 0 Å². The van der Waals surface area contributed by atoms with Crippen LogP contribution >= 0.6 is 0 Å². The van der Waals surface area contributed by atoms with Gasteiger partial charge in [-0.3, -0.25) is 4.79 Å². The van der Waals surface area contributed by atoms with Gasteiger partial charge >= 0.3 is 18.1 Å². The molecule has 0 radical (unpaired) electrons. The van der Waals surface area contributed by atoms with Crippen LogP contribution in [-0.4, -0.2) is 48.8 Å².